The number of piperidine rings is 1. The van der Waals surface area contributed by atoms with E-state index in [0.29, 0.717) is 17.7 Å². The van der Waals surface area contributed by atoms with Crippen LogP contribution in [0.15, 0.2) is 48.5 Å². The zero-order valence-corrected chi connectivity index (χ0v) is 15.7. The molecule has 0 radical (unpaired) electrons. The molecule has 3 heteroatoms. The largest absolute Gasteiger partial charge is 0.342 e. The van der Waals surface area contributed by atoms with E-state index in [0.717, 1.165) is 49.4 Å². The van der Waals surface area contributed by atoms with Crippen LogP contribution < -0.4 is 0 Å². The molecule has 2 aromatic rings. The molecule has 2 unspecified atom stereocenters. The highest BCUT2D eigenvalue weighted by Gasteiger charge is 2.53. The summed E-state index contributed by atoms with van der Waals surface area (Å²) in [5.74, 6) is 1.59. The molecule has 1 amide bonds. The van der Waals surface area contributed by atoms with Crippen molar-refractivity contribution in [1.29, 1.82) is 0 Å². The summed E-state index contributed by atoms with van der Waals surface area (Å²) in [4.78, 5) is 15.5. The Kier molecular flexibility index (Phi) is 3.86. The lowest BCUT2D eigenvalue weighted by Gasteiger charge is -2.43. The molecule has 3 aliphatic rings. The van der Waals surface area contributed by atoms with Gasteiger partial charge in [-0.3, -0.25) is 4.79 Å². The number of benzene rings is 2. The van der Waals surface area contributed by atoms with Crippen molar-refractivity contribution >= 4 is 17.5 Å². The highest BCUT2D eigenvalue weighted by Crippen LogP contribution is 2.51. The second-order valence-corrected chi connectivity index (χ2v) is 8.67. The van der Waals surface area contributed by atoms with Gasteiger partial charge in [0.05, 0.1) is 5.41 Å². The molecule has 5 rings (SSSR count). The molecule has 134 valence electrons. The third-order valence-electron chi connectivity index (χ3n) is 6.82. The number of hydrogen-bond acceptors (Lipinski definition) is 1. The van der Waals surface area contributed by atoms with E-state index in [9.17, 15) is 4.79 Å². The molecule has 2 fully saturated rings. The average Bonchev–Trinajstić information content (AvgIpc) is 3.49. The number of hydrogen-bond donors (Lipinski definition) is 0. The quantitative estimate of drug-likeness (QED) is 0.737. The highest BCUT2D eigenvalue weighted by molar-refractivity contribution is 6.30. The van der Waals surface area contributed by atoms with Gasteiger partial charge in [-0.25, -0.2) is 0 Å². The topological polar surface area (TPSA) is 20.3 Å². The molecule has 2 atom stereocenters. The van der Waals surface area contributed by atoms with Crippen LogP contribution in [0, 0.1) is 5.92 Å². The number of carbonyl (C=O) groups is 1. The molecular formula is C23H24ClNO. The van der Waals surface area contributed by atoms with Gasteiger partial charge in [-0.05, 0) is 72.8 Å². The minimum absolute atomic E-state index is 0.274. The fourth-order valence-corrected chi connectivity index (χ4v) is 5.33. The van der Waals surface area contributed by atoms with Crippen LogP contribution >= 0.6 is 11.6 Å². The van der Waals surface area contributed by atoms with Crippen molar-refractivity contribution in [1.82, 2.24) is 4.90 Å². The molecular weight excluding hydrogens is 342 g/mol. The summed E-state index contributed by atoms with van der Waals surface area (Å²) in [6, 6.07) is 16.8. The third kappa shape index (κ3) is 2.58. The summed E-state index contributed by atoms with van der Waals surface area (Å²) in [5.41, 5.74) is 3.93. The van der Waals surface area contributed by atoms with E-state index in [2.05, 4.69) is 29.2 Å². The van der Waals surface area contributed by atoms with E-state index in [1.807, 2.05) is 24.3 Å². The highest BCUT2D eigenvalue weighted by atomic mass is 35.5. The monoisotopic (exact) mass is 365 g/mol. The number of rotatable bonds is 2. The zero-order chi connectivity index (χ0) is 17.7. The number of carbonyl (C=O) groups excluding carboxylic acids is 1. The van der Waals surface area contributed by atoms with Crippen LogP contribution in [0.4, 0.5) is 0 Å². The van der Waals surface area contributed by atoms with Gasteiger partial charge in [0.1, 0.15) is 0 Å². The molecule has 2 nitrogen and oxygen atoms in total. The molecule has 1 aliphatic heterocycles. The van der Waals surface area contributed by atoms with Gasteiger partial charge in [0.25, 0.3) is 0 Å². The zero-order valence-electron chi connectivity index (χ0n) is 15.0. The van der Waals surface area contributed by atoms with E-state index in [-0.39, 0.29) is 5.41 Å². The molecule has 1 heterocycles. The van der Waals surface area contributed by atoms with Crippen molar-refractivity contribution in [3.8, 4) is 0 Å². The van der Waals surface area contributed by atoms with Crippen LogP contribution in [0.2, 0.25) is 5.02 Å². The first-order valence-electron chi connectivity index (χ1n) is 9.81. The maximum absolute atomic E-state index is 13.4. The Hall–Kier alpha value is -1.80. The van der Waals surface area contributed by atoms with E-state index in [1.54, 1.807) is 0 Å². The number of halogens is 1. The van der Waals surface area contributed by atoms with Crippen molar-refractivity contribution in [3.63, 3.8) is 0 Å². The van der Waals surface area contributed by atoms with Gasteiger partial charge in [0.2, 0.25) is 5.91 Å². The summed E-state index contributed by atoms with van der Waals surface area (Å²) in [6.07, 6.45) is 5.41. The van der Waals surface area contributed by atoms with Crippen LogP contribution in [0.25, 0.3) is 0 Å². The molecule has 0 spiro atoms. The molecule has 1 saturated carbocycles. The summed E-state index contributed by atoms with van der Waals surface area (Å²) in [7, 11) is 0. The van der Waals surface area contributed by atoms with Gasteiger partial charge in [-0.15, -0.1) is 0 Å². The van der Waals surface area contributed by atoms with Gasteiger partial charge in [0.15, 0.2) is 0 Å². The van der Waals surface area contributed by atoms with Gasteiger partial charge in [0, 0.05) is 18.1 Å². The molecule has 26 heavy (non-hydrogen) atoms. The lowest BCUT2D eigenvalue weighted by molar-refractivity contribution is -0.136. The van der Waals surface area contributed by atoms with E-state index >= 15 is 0 Å². The molecule has 0 aromatic heterocycles. The lowest BCUT2D eigenvalue weighted by atomic mass is 9.71. The van der Waals surface area contributed by atoms with Crippen LogP contribution in [0.1, 0.15) is 48.3 Å². The van der Waals surface area contributed by atoms with Crippen molar-refractivity contribution in [2.45, 2.75) is 43.4 Å². The SMILES string of the molecule is O=C(N1CCC2c3ccccc3CCC2C1)C1(c2ccc(Cl)cc2)CC1. The Morgan fingerprint density at radius 2 is 1.81 bits per heavy atom. The smallest absolute Gasteiger partial charge is 0.233 e. The van der Waals surface area contributed by atoms with Crippen LogP contribution in [0.5, 0.6) is 0 Å². The van der Waals surface area contributed by atoms with Gasteiger partial charge in [-0.2, -0.15) is 0 Å². The Labute approximate surface area is 160 Å². The van der Waals surface area contributed by atoms with Crippen molar-refractivity contribution in [3.05, 3.63) is 70.2 Å². The molecule has 1 saturated heterocycles. The van der Waals surface area contributed by atoms with Crippen molar-refractivity contribution in [2.24, 2.45) is 5.92 Å². The Morgan fingerprint density at radius 1 is 1.04 bits per heavy atom. The van der Waals surface area contributed by atoms with E-state index in [4.69, 9.17) is 11.6 Å². The van der Waals surface area contributed by atoms with Gasteiger partial charge < -0.3 is 4.90 Å². The average molecular weight is 366 g/mol. The fraction of sp³-hybridized carbons (Fsp3) is 0.435. The summed E-state index contributed by atoms with van der Waals surface area (Å²) >= 11 is 6.03. The molecule has 0 bridgehead atoms. The van der Waals surface area contributed by atoms with Crippen molar-refractivity contribution in [2.75, 3.05) is 13.1 Å². The first-order chi connectivity index (χ1) is 12.7. The molecule has 2 aliphatic carbocycles. The number of aryl methyl sites for hydroxylation is 1. The Bertz CT molecular complexity index is 840. The van der Waals surface area contributed by atoms with Crippen LogP contribution in [-0.4, -0.2) is 23.9 Å². The maximum atomic E-state index is 13.4. The molecule has 2 aromatic carbocycles. The summed E-state index contributed by atoms with van der Waals surface area (Å²) in [6.45, 7) is 1.82. The Balaban J connectivity index is 1.35. The second-order valence-electron chi connectivity index (χ2n) is 8.23. The predicted molar refractivity (Wildman–Crippen MR) is 105 cm³/mol. The summed E-state index contributed by atoms with van der Waals surface area (Å²) < 4.78 is 0. The molecule has 0 N–H and O–H groups in total. The van der Waals surface area contributed by atoms with E-state index < -0.39 is 0 Å². The fourth-order valence-electron chi connectivity index (χ4n) is 5.21. The first-order valence-corrected chi connectivity index (χ1v) is 10.2. The number of amides is 1. The minimum Gasteiger partial charge on any atom is -0.342 e. The standard InChI is InChI=1S/C23H24ClNO/c24-19-9-7-18(8-10-19)23(12-13-23)22(26)25-14-11-21-17(15-25)6-5-16-3-1-2-4-20(16)21/h1-4,7-10,17,21H,5-6,11-15H2. The number of nitrogens with zero attached hydrogens (tertiary/aromatic N) is 1. The van der Waals surface area contributed by atoms with Gasteiger partial charge in [-0.1, -0.05) is 48.0 Å². The lowest BCUT2D eigenvalue weighted by Crippen LogP contribution is -2.48. The minimum atomic E-state index is -0.274. The second kappa shape index (κ2) is 6.13. The number of fused-ring (bicyclic) bond motifs is 3. The van der Waals surface area contributed by atoms with Crippen molar-refractivity contribution < 1.29 is 4.79 Å². The Morgan fingerprint density at radius 3 is 2.58 bits per heavy atom. The first kappa shape index (κ1) is 16.4. The predicted octanol–water partition coefficient (Wildman–Crippen LogP) is 4.95. The number of likely N-dealkylation sites (tertiary alicyclic amines) is 1. The van der Waals surface area contributed by atoms with Crippen LogP contribution in [0.3, 0.4) is 0 Å². The third-order valence-corrected chi connectivity index (χ3v) is 7.07. The van der Waals surface area contributed by atoms with Gasteiger partial charge >= 0.3 is 0 Å². The maximum Gasteiger partial charge on any atom is 0.233 e. The van der Waals surface area contributed by atoms with E-state index in [1.165, 1.54) is 17.5 Å². The normalized spacial score (nSPS) is 26.0. The summed E-state index contributed by atoms with van der Waals surface area (Å²) in [5, 5.41) is 0.735. The van der Waals surface area contributed by atoms with Crippen LogP contribution in [-0.2, 0) is 16.6 Å².